The second-order valence-electron chi connectivity index (χ2n) is 5.05. The van der Waals surface area contributed by atoms with Crippen molar-refractivity contribution >= 4 is 5.82 Å². The Hall–Kier alpha value is -2.89. The minimum absolute atomic E-state index is 0.461. The lowest BCUT2D eigenvalue weighted by atomic mass is 10.1. The summed E-state index contributed by atoms with van der Waals surface area (Å²) in [6.07, 6.45) is 0. The first-order valence-electron chi connectivity index (χ1n) is 6.89. The Labute approximate surface area is 128 Å². The summed E-state index contributed by atoms with van der Waals surface area (Å²) in [5, 5.41) is 4.33. The third-order valence-electron chi connectivity index (χ3n) is 3.26. The zero-order valence-corrected chi connectivity index (χ0v) is 12.7. The van der Waals surface area contributed by atoms with Crippen molar-refractivity contribution in [2.75, 3.05) is 12.8 Å². The fourth-order valence-electron chi connectivity index (χ4n) is 2.26. The van der Waals surface area contributed by atoms with Crippen LogP contribution in [0.2, 0.25) is 0 Å². The first-order valence-corrected chi connectivity index (χ1v) is 6.89. The lowest BCUT2D eigenvalue weighted by Gasteiger charge is -2.08. The molecule has 0 unspecified atom stereocenters. The predicted molar refractivity (Wildman–Crippen MR) is 85.0 cm³/mol. The van der Waals surface area contributed by atoms with Crippen LogP contribution in [0.3, 0.4) is 0 Å². The molecule has 0 aliphatic heterocycles. The van der Waals surface area contributed by atoms with E-state index in [2.05, 4.69) is 15.1 Å². The zero-order valence-electron chi connectivity index (χ0n) is 12.7. The van der Waals surface area contributed by atoms with E-state index in [4.69, 9.17) is 10.5 Å². The van der Waals surface area contributed by atoms with E-state index in [1.807, 2.05) is 44.2 Å². The largest absolute Gasteiger partial charge is 0.497 e. The maximum atomic E-state index is 5.96. The van der Waals surface area contributed by atoms with Crippen molar-refractivity contribution < 1.29 is 4.74 Å². The Morgan fingerprint density at radius 3 is 2.55 bits per heavy atom. The van der Waals surface area contributed by atoms with E-state index in [-0.39, 0.29) is 0 Å². The van der Waals surface area contributed by atoms with Gasteiger partial charge in [-0.3, -0.25) is 0 Å². The number of nitrogens with zero attached hydrogens (tertiary/aromatic N) is 4. The first kappa shape index (κ1) is 14.1. The van der Waals surface area contributed by atoms with Crippen molar-refractivity contribution in [1.82, 2.24) is 19.7 Å². The van der Waals surface area contributed by atoms with Crippen LogP contribution < -0.4 is 10.5 Å². The predicted octanol–water partition coefficient (Wildman–Crippen LogP) is 2.54. The highest BCUT2D eigenvalue weighted by molar-refractivity contribution is 5.62. The Morgan fingerprint density at radius 2 is 1.86 bits per heavy atom. The summed E-state index contributed by atoms with van der Waals surface area (Å²) in [5.41, 5.74) is 9.38. The van der Waals surface area contributed by atoms with Gasteiger partial charge in [-0.15, -0.1) is 0 Å². The number of nitrogen functional groups attached to an aromatic ring is 1. The molecule has 0 saturated carbocycles. The van der Waals surface area contributed by atoms with Crippen molar-refractivity contribution in [3.05, 3.63) is 47.8 Å². The van der Waals surface area contributed by atoms with Gasteiger partial charge in [0.05, 0.1) is 18.5 Å². The Morgan fingerprint density at radius 1 is 1.05 bits per heavy atom. The summed E-state index contributed by atoms with van der Waals surface area (Å²) in [4.78, 5) is 9.00. The number of aromatic nitrogens is 4. The summed E-state index contributed by atoms with van der Waals surface area (Å²) in [6, 6.07) is 11.4. The Kier molecular flexibility index (Phi) is 3.50. The van der Waals surface area contributed by atoms with E-state index in [0.29, 0.717) is 11.8 Å². The molecule has 22 heavy (non-hydrogen) atoms. The van der Waals surface area contributed by atoms with E-state index in [1.54, 1.807) is 17.9 Å². The van der Waals surface area contributed by atoms with Gasteiger partial charge >= 0.3 is 0 Å². The van der Waals surface area contributed by atoms with Crippen LogP contribution in [-0.2, 0) is 0 Å². The number of anilines is 1. The van der Waals surface area contributed by atoms with Crippen LogP contribution in [0.4, 0.5) is 5.82 Å². The molecule has 0 saturated heterocycles. The second kappa shape index (κ2) is 5.48. The van der Waals surface area contributed by atoms with Gasteiger partial charge in [0.2, 0.25) is 0 Å². The number of benzene rings is 1. The summed E-state index contributed by atoms with van der Waals surface area (Å²) in [7, 11) is 1.64. The number of ether oxygens (including phenoxy) is 1. The van der Waals surface area contributed by atoms with Gasteiger partial charge in [-0.05, 0) is 32.0 Å². The molecule has 0 aliphatic rings. The minimum Gasteiger partial charge on any atom is -0.497 e. The number of aryl methyl sites for hydroxylation is 2. The summed E-state index contributed by atoms with van der Waals surface area (Å²) < 4.78 is 6.81. The lowest BCUT2D eigenvalue weighted by molar-refractivity contribution is 0.415. The van der Waals surface area contributed by atoms with E-state index in [9.17, 15) is 0 Å². The van der Waals surface area contributed by atoms with Gasteiger partial charge in [-0.1, -0.05) is 12.1 Å². The molecule has 0 spiro atoms. The molecule has 0 bridgehead atoms. The van der Waals surface area contributed by atoms with E-state index < -0.39 is 0 Å². The number of hydrogen-bond acceptors (Lipinski definition) is 5. The third kappa shape index (κ3) is 2.63. The molecule has 0 fully saturated rings. The normalized spacial score (nSPS) is 10.7. The molecule has 0 atom stereocenters. The molecule has 0 amide bonds. The van der Waals surface area contributed by atoms with E-state index in [0.717, 1.165) is 28.4 Å². The third-order valence-corrected chi connectivity index (χ3v) is 3.26. The minimum atomic E-state index is 0.461. The van der Waals surface area contributed by atoms with Crippen LogP contribution in [0.25, 0.3) is 17.2 Å². The van der Waals surface area contributed by atoms with Crippen molar-refractivity contribution in [2.45, 2.75) is 13.8 Å². The molecule has 6 nitrogen and oxygen atoms in total. The molecule has 112 valence electrons. The molecule has 0 aliphatic carbocycles. The maximum Gasteiger partial charge on any atom is 0.253 e. The van der Waals surface area contributed by atoms with Gasteiger partial charge in [0.1, 0.15) is 11.6 Å². The van der Waals surface area contributed by atoms with Crippen LogP contribution in [0.5, 0.6) is 5.75 Å². The highest BCUT2D eigenvalue weighted by Crippen LogP contribution is 2.23. The molecular formula is C16H17N5O. The molecule has 1 aromatic carbocycles. The average Bonchev–Trinajstić information content (AvgIpc) is 2.85. The van der Waals surface area contributed by atoms with Gasteiger partial charge in [-0.25, -0.2) is 9.97 Å². The highest BCUT2D eigenvalue weighted by atomic mass is 16.5. The molecule has 2 heterocycles. The summed E-state index contributed by atoms with van der Waals surface area (Å²) in [5.74, 6) is 1.76. The average molecular weight is 295 g/mol. The topological polar surface area (TPSA) is 78.8 Å². The van der Waals surface area contributed by atoms with Crippen molar-refractivity contribution in [2.24, 2.45) is 0 Å². The summed E-state index contributed by atoms with van der Waals surface area (Å²) >= 11 is 0. The molecule has 2 aromatic heterocycles. The smallest absolute Gasteiger partial charge is 0.253 e. The number of hydrogen-bond donors (Lipinski definition) is 1. The number of methoxy groups -OCH3 is 1. The summed E-state index contributed by atoms with van der Waals surface area (Å²) in [6.45, 7) is 3.80. The SMILES string of the molecule is COc1cccc(-c2cc(C)nc(-n3nc(C)cc3N)n2)c1. The molecule has 3 rings (SSSR count). The monoisotopic (exact) mass is 295 g/mol. The fourth-order valence-corrected chi connectivity index (χ4v) is 2.26. The zero-order chi connectivity index (χ0) is 15.7. The van der Waals surface area contributed by atoms with Crippen LogP contribution in [0.15, 0.2) is 36.4 Å². The van der Waals surface area contributed by atoms with Crippen molar-refractivity contribution in [3.8, 4) is 23.0 Å². The number of rotatable bonds is 3. The quantitative estimate of drug-likeness (QED) is 0.803. The van der Waals surface area contributed by atoms with Crippen LogP contribution in [0.1, 0.15) is 11.4 Å². The van der Waals surface area contributed by atoms with Crippen LogP contribution in [0, 0.1) is 13.8 Å². The Balaban J connectivity index is 2.12. The van der Waals surface area contributed by atoms with Gasteiger partial charge in [0, 0.05) is 17.3 Å². The van der Waals surface area contributed by atoms with E-state index in [1.165, 1.54) is 0 Å². The second-order valence-corrected chi connectivity index (χ2v) is 5.05. The fraction of sp³-hybridized carbons (Fsp3) is 0.188. The van der Waals surface area contributed by atoms with Gasteiger partial charge < -0.3 is 10.5 Å². The standard InChI is InChI=1S/C16H17N5O/c1-10-7-14(12-5-4-6-13(9-12)22-3)19-16(18-10)21-15(17)8-11(2)20-21/h4-9H,17H2,1-3H3. The van der Waals surface area contributed by atoms with Crippen LogP contribution in [-0.4, -0.2) is 26.9 Å². The van der Waals surface area contributed by atoms with E-state index >= 15 is 0 Å². The van der Waals surface area contributed by atoms with Gasteiger partial charge in [-0.2, -0.15) is 9.78 Å². The van der Waals surface area contributed by atoms with Gasteiger partial charge in [0.15, 0.2) is 0 Å². The highest BCUT2D eigenvalue weighted by Gasteiger charge is 2.11. The van der Waals surface area contributed by atoms with Crippen LogP contribution >= 0.6 is 0 Å². The maximum absolute atomic E-state index is 5.96. The molecule has 0 radical (unpaired) electrons. The molecule has 2 N–H and O–H groups in total. The Bertz CT molecular complexity index is 825. The lowest BCUT2D eigenvalue weighted by Crippen LogP contribution is -2.08. The van der Waals surface area contributed by atoms with Gasteiger partial charge in [0.25, 0.3) is 5.95 Å². The molecular weight excluding hydrogens is 278 g/mol. The first-order chi connectivity index (χ1) is 10.6. The molecule has 6 heteroatoms. The number of nitrogens with two attached hydrogens (primary N) is 1. The van der Waals surface area contributed by atoms with Crippen molar-refractivity contribution in [3.63, 3.8) is 0 Å². The molecule has 3 aromatic rings. The van der Waals surface area contributed by atoms with Crippen molar-refractivity contribution in [1.29, 1.82) is 0 Å².